The van der Waals surface area contributed by atoms with Crippen molar-refractivity contribution >= 4 is 34.6 Å². The largest absolute Gasteiger partial charge is 0.478 e. The summed E-state index contributed by atoms with van der Waals surface area (Å²) in [6.45, 7) is 1.89. The Morgan fingerprint density at radius 1 is 1.21 bits per heavy atom. The monoisotopic (exact) mass is 276 g/mol. The van der Waals surface area contributed by atoms with E-state index in [0.717, 1.165) is 11.3 Å². The van der Waals surface area contributed by atoms with Crippen molar-refractivity contribution in [2.45, 2.75) is 6.92 Å². The lowest BCUT2D eigenvalue weighted by atomic mass is 10.1. The van der Waals surface area contributed by atoms with Gasteiger partial charge in [0.1, 0.15) is 0 Å². The molecule has 0 heterocycles. The first-order chi connectivity index (χ1) is 8.97. The van der Waals surface area contributed by atoms with Crippen molar-refractivity contribution < 1.29 is 9.90 Å². The molecular weight excluding hydrogens is 264 g/mol. The van der Waals surface area contributed by atoms with E-state index in [1.54, 1.807) is 24.3 Å². The summed E-state index contributed by atoms with van der Waals surface area (Å²) in [7, 11) is 0. The van der Waals surface area contributed by atoms with E-state index in [1.807, 2.05) is 13.0 Å². The van der Waals surface area contributed by atoms with Crippen molar-refractivity contribution in [3.05, 3.63) is 52.5 Å². The highest BCUT2D eigenvalue weighted by Gasteiger charge is 2.11. The number of rotatable bonds is 3. The predicted molar refractivity (Wildman–Crippen MR) is 77.3 cm³/mol. The number of benzene rings is 2. The third-order valence-electron chi connectivity index (χ3n) is 2.73. The molecule has 4 nitrogen and oxygen atoms in total. The number of hydrogen-bond acceptors (Lipinski definition) is 3. The van der Waals surface area contributed by atoms with Gasteiger partial charge in [0.25, 0.3) is 0 Å². The van der Waals surface area contributed by atoms with Crippen LogP contribution in [-0.4, -0.2) is 11.1 Å². The molecule has 0 radical (unpaired) electrons. The van der Waals surface area contributed by atoms with Gasteiger partial charge in [0, 0.05) is 16.4 Å². The number of halogens is 1. The van der Waals surface area contributed by atoms with Crippen LogP contribution in [-0.2, 0) is 0 Å². The van der Waals surface area contributed by atoms with Crippen LogP contribution in [0.4, 0.5) is 17.1 Å². The maximum absolute atomic E-state index is 11.2. The van der Waals surface area contributed by atoms with Gasteiger partial charge >= 0.3 is 5.97 Å². The fraction of sp³-hybridized carbons (Fsp3) is 0.0714. The zero-order valence-electron chi connectivity index (χ0n) is 10.3. The highest BCUT2D eigenvalue weighted by atomic mass is 35.5. The maximum Gasteiger partial charge on any atom is 0.337 e. The van der Waals surface area contributed by atoms with Crippen LogP contribution in [0.15, 0.2) is 36.4 Å². The highest BCUT2D eigenvalue weighted by Crippen LogP contribution is 2.27. The Hall–Kier alpha value is -2.20. The average Bonchev–Trinajstić information content (AvgIpc) is 2.34. The van der Waals surface area contributed by atoms with Crippen molar-refractivity contribution in [1.82, 2.24) is 0 Å². The Kier molecular flexibility index (Phi) is 3.62. The Morgan fingerprint density at radius 2 is 1.89 bits per heavy atom. The SMILES string of the molecule is Cc1cc(Cl)ccc1Nc1ccc(N)cc1C(=O)O. The highest BCUT2D eigenvalue weighted by molar-refractivity contribution is 6.30. The van der Waals surface area contributed by atoms with Gasteiger partial charge in [0.15, 0.2) is 0 Å². The maximum atomic E-state index is 11.2. The minimum atomic E-state index is -1.03. The molecule has 19 heavy (non-hydrogen) atoms. The van der Waals surface area contributed by atoms with Crippen LogP contribution in [0, 0.1) is 6.92 Å². The minimum Gasteiger partial charge on any atom is -0.478 e. The van der Waals surface area contributed by atoms with E-state index in [1.165, 1.54) is 6.07 Å². The summed E-state index contributed by atoms with van der Waals surface area (Å²) in [5, 5.41) is 12.9. The molecule has 0 bridgehead atoms. The van der Waals surface area contributed by atoms with Crippen molar-refractivity contribution in [2.75, 3.05) is 11.1 Å². The molecule has 0 saturated heterocycles. The van der Waals surface area contributed by atoms with Gasteiger partial charge in [-0.2, -0.15) is 0 Å². The molecule has 0 aliphatic carbocycles. The Morgan fingerprint density at radius 3 is 2.53 bits per heavy atom. The number of nitrogen functional groups attached to an aromatic ring is 1. The van der Waals surface area contributed by atoms with E-state index in [0.29, 0.717) is 16.4 Å². The van der Waals surface area contributed by atoms with Crippen molar-refractivity contribution in [2.24, 2.45) is 0 Å². The molecule has 98 valence electrons. The predicted octanol–water partition coefficient (Wildman–Crippen LogP) is 3.67. The van der Waals surface area contributed by atoms with Crippen LogP contribution in [0.25, 0.3) is 0 Å². The molecule has 0 aliphatic rings. The molecule has 0 aliphatic heterocycles. The molecule has 2 aromatic rings. The van der Waals surface area contributed by atoms with Crippen molar-refractivity contribution in [3.8, 4) is 0 Å². The first-order valence-electron chi connectivity index (χ1n) is 5.63. The quantitative estimate of drug-likeness (QED) is 0.748. The number of carboxylic acids is 1. The normalized spacial score (nSPS) is 10.2. The molecule has 5 heteroatoms. The number of carbonyl (C=O) groups is 1. The Balaban J connectivity index is 2.40. The fourth-order valence-electron chi connectivity index (χ4n) is 1.76. The third kappa shape index (κ3) is 2.98. The summed E-state index contributed by atoms with van der Waals surface area (Å²) in [5.41, 5.74) is 8.37. The number of anilines is 3. The van der Waals surface area contributed by atoms with E-state index in [-0.39, 0.29) is 5.56 Å². The van der Waals surface area contributed by atoms with Crippen LogP contribution >= 0.6 is 11.6 Å². The van der Waals surface area contributed by atoms with E-state index in [9.17, 15) is 4.79 Å². The van der Waals surface area contributed by atoms with Crippen LogP contribution in [0.3, 0.4) is 0 Å². The van der Waals surface area contributed by atoms with E-state index in [2.05, 4.69) is 5.32 Å². The number of nitrogens with one attached hydrogen (secondary N) is 1. The molecule has 0 amide bonds. The van der Waals surface area contributed by atoms with Crippen LogP contribution in [0.5, 0.6) is 0 Å². The molecule has 0 spiro atoms. The number of nitrogens with two attached hydrogens (primary N) is 1. The lowest BCUT2D eigenvalue weighted by Gasteiger charge is -2.12. The number of carboxylic acid groups (broad SMARTS) is 1. The van der Waals surface area contributed by atoms with Gasteiger partial charge in [0.05, 0.1) is 11.3 Å². The average molecular weight is 277 g/mol. The third-order valence-corrected chi connectivity index (χ3v) is 2.97. The van der Waals surface area contributed by atoms with Gasteiger partial charge in [0.2, 0.25) is 0 Å². The van der Waals surface area contributed by atoms with Crippen molar-refractivity contribution in [1.29, 1.82) is 0 Å². The Bertz CT molecular complexity index is 641. The van der Waals surface area contributed by atoms with E-state index >= 15 is 0 Å². The summed E-state index contributed by atoms with van der Waals surface area (Å²) in [5.74, 6) is -1.03. The lowest BCUT2D eigenvalue weighted by Crippen LogP contribution is -2.04. The van der Waals surface area contributed by atoms with E-state index < -0.39 is 5.97 Å². The molecule has 4 N–H and O–H groups in total. The van der Waals surface area contributed by atoms with Gasteiger partial charge in [-0.15, -0.1) is 0 Å². The fourth-order valence-corrected chi connectivity index (χ4v) is 1.99. The minimum absolute atomic E-state index is 0.134. The number of aromatic carboxylic acids is 1. The van der Waals surface area contributed by atoms with Gasteiger partial charge < -0.3 is 16.2 Å². The van der Waals surface area contributed by atoms with Crippen LogP contribution in [0.2, 0.25) is 5.02 Å². The van der Waals surface area contributed by atoms with Crippen molar-refractivity contribution in [3.63, 3.8) is 0 Å². The number of hydrogen-bond donors (Lipinski definition) is 3. The number of aryl methyl sites for hydroxylation is 1. The molecule has 0 unspecified atom stereocenters. The summed E-state index contributed by atoms with van der Waals surface area (Å²) < 4.78 is 0. The van der Waals surface area contributed by atoms with Gasteiger partial charge in [-0.25, -0.2) is 4.79 Å². The summed E-state index contributed by atoms with van der Waals surface area (Å²) in [6, 6.07) is 10.1. The zero-order chi connectivity index (χ0) is 14.0. The summed E-state index contributed by atoms with van der Waals surface area (Å²) >= 11 is 5.88. The second kappa shape index (κ2) is 5.20. The van der Waals surface area contributed by atoms with Crippen LogP contribution < -0.4 is 11.1 Å². The molecular formula is C14H13ClN2O2. The molecule has 0 atom stereocenters. The second-order valence-corrected chi connectivity index (χ2v) is 4.63. The van der Waals surface area contributed by atoms with Gasteiger partial charge in [-0.05, 0) is 48.9 Å². The van der Waals surface area contributed by atoms with Gasteiger partial charge in [-0.1, -0.05) is 11.6 Å². The molecule has 0 aromatic heterocycles. The lowest BCUT2D eigenvalue weighted by molar-refractivity contribution is 0.0698. The molecule has 0 fully saturated rings. The Labute approximate surface area is 115 Å². The van der Waals surface area contributed by atoms with Gasteiger partial charge in [-0.3, -0.25) is 0 Å². The second-order valence-electron chi connectivity index (χ2n) is 4.19. The molecule has 2 rings (SSSR count). The van der Waals surface area contributed by atoms with E-state index in [4.69, 9.17) is 22.4 Å². The topological polar surface area (TPSA) is 75.3 Å². The summed E-state index contributed by atoms with van der Waals surface area (Å²) in [4.78, 5) is 11.2. The molecule has 0 saturated carbocycles. The first kappa shape index (κ1) is 13.2. The standard InChI is InChI=1S/C14H13ClN2O2/c1-8-6-9(15)2-4-12(8)17-13-5-3-10(16)7-11(13)14(18)19/h2-7,17H,16H2,1H3,(H,18,19). The van der Waals surface area contributed by atoms with Crippen LogP contribution in [0.1, 0.15) is 15.9 Å². The summed E-state index contributed by atoms with van der Waals surface area (Å²) in [6.07, 6.45) is 0. The molecule has 2 aromatic carbocycles. The zero-order valence-corrected chi connectivity index (χ0v) is 11.0. The first-order valence-corrected chi connectivity index (χ1v) is 6.01. The smallest absolute Gasteiger partial charge is 0.337 e.